The van der Waals surface area contributed by atoms with Crippen molar-refractivity contribution < 1.29 is 9.90 Å². The number of fused-ring (bicyclic) bond motifs is 1. The van der Waals surface area contributed by atoms with Crippen molar-refractivity contribution >= 4 is 34.8 Å². The fourth-order valence-corrected chi connectivity index (χ4v) is 2.46. The van der Waals surface area contributed by atoms with Crippen LogP contribution in [0.1, 0.15) is 20.3 Å². The summed E-state index contributed by atoms with van der Waals surface area (Å²) in [5, 5.41) is 9.26. The Hall–Kier alpha value is -1.83. The third-order valence-corrected chi connectivity index (χ3v) is 3.94. The second-order valence-electron chi connectivity index (χ2n) is 4.65. The van der Waals surface area contributed by atoms with Crippen molar-refractivity contribution in [1.29, 1.82) is 0 Å². The van der Waals surface area contributed by atoms with E-state index < -0.39 is 5.97 Å². The molecule has 2 aromatic rings. The summed E-state index contributed by atoms with van der Waals surface area (Å²) in [7, 11) is 0. The van der Waals surface area contributed by atoms with Crippen LogP contribution in [0.5, 0.6) is 0 Å². The predicted octanol–water partition coefficient (Wildman–Crippen LogP) is 1.63. The smallest absolute Gasteiger partial charge is 0.313 e. The Labute approximate surface area is 120 Å². The van der Waals surface area contributed by atoms with Gasteiger partial charge in [0.2, 0.25) is 5.95 Å². The molecular weight excluding hydrogens is 278 g/mol. The molecule has 0 spiro atoms. The zero-order chi connectivity index (χ0) is 14.7. The number of aliphatic carboxylic acids is 1. The van der Waals surface area contributed by atoms with Gasteiger partial charge in [-0.1, -0.05) is 32.0 Å². The molecule has 108 valence electrons. The van der Waals surface area contributed by atoms with Gasteiger partial charge in [0.05, 0.1) is 12.1 Å². The maximum atomic E-state index is 10.7. The Bertz CT molecular complexity index is 628. The van der Waals surface area contributed by atoms with Crippen molar-refractivity contribution in [3.05, 3.63) is 6.33 Å². The average molecular weight is 295 g/mol. The molecule has 0 radical (unpaired) electrons. The minimum atomic E-state index is -0.903. The fraction of sp³-hybridized carbons (Fsp3) is 0.500. The molecule has 0 aliphatic carbocycles. The van der Waals surface area contributed by atoms with Gasteiger partial charge in [0.1, 0.15) is 10.5 Å². The normalized spacial score (nSPS) is 12.7. The summed E-state index contributed by atoms with van der Waals surface area (Å²) in [6.45, 7) is 5.07. The van der Waals surface area contributed by atoms with Crippen molar-refractivity contribution in [3.63, 3.8) is 0 Å². The number of anilines is 1. The second-order valence-corrected chi connectivity index (χ2v) is 5.62. The first-order chi connectivity index (χ1) is 9.51. The lowest BCUT2D eigenvalue weighted by Crippen LogP contribution is -2.07. The van der Waals surface area contributed by atoms with Crippen LogP contribution in [0.4, 0.5) is 5.95 Å². The standard InChI is InChI=1S/C12H17N5O2S/c1-3-7(2)4-17-6-14-9-10(17)15-12(13)16-11(9)20-5-8(18)19/h6-7H,3-5H2,1-2H3,(H,18,19)(H2,13,15,16)/t7-/m0/s1. The molecule has 0 aromatic carbocycles. The highest BCUT2D eigenvalue weighted by Crippen LogP contribution is 2.25. The van der Waals surface area contributed by atoms with Crippen LogP contribution in [0.15, 0.2) is 11.4 Å². The molecule has 8 heteroatoms. The Balaban J connectivity index is 2.37. The molecule has 1 atom stereocenters. The molecule has 0 amide bonds. The molecule has 7 nitrogen and oxygen atoms in total. The number of nitrogens with two attached hydrogens (primary N) is 1. The molecule has 0 aliphatic heterocycles. The number of carboxylic acid groups (broad SMARTS) is 1. The number of aromatic nitrogens is 4. The molecule has 0 aliphatic rings. The fourth-order valence-electron chi connectivity index (χ4n) is 1.76. The second kappa shape index (κ2) is 6.08. The molecule has 0 fully saturated rings. The lowest BCUT2D eigenvalue weighted by molar-refractivity contribution is -0.133. The Morgan fingerprint density at radius 2 is 2.30 bits per heavy atom. The summed E-state index contributed by atoms with van der Waals surface area (Å²) < 4.78 is 1.94. The van der Waals surface area contributed by atoms with E-state index in [1.165, 1.54) is 0 Å². The summed E-state index contributed by atoms with van der Waals surface area (Å²) >= 11 is 1.10. The van der Waals surface area contributed by atoms with Gasteiger partial charge in [-0.15, -0.1) is 0 Å². The number of rotatable bonds is 6. The van der Waals surface area contributed by atoms with E-state index in [0.717, 1.165) is 24.7 Å². The van der Waals surface area contributed by atoms with Gasteiger partial charge in [-0.25, -0.2) is 9.97 Å². The molecule has 0 unspecified atom stereocenters. The summed E-state index contributed by atoms with van der Waals surface area (Å²) in [5.74, 6) is -0.349. The lowest BCUT2D eigenvalue weighted by atomic mass is 10.1. The third-order valence-electron chi connectivity index (χ3n) is 2.99. The van der Waals surface area contributed by atoms with Crippen LogP contribution in [-0.2, 0) is 11.3 Å². The molecule has 0 bridgehead atoms. The van der Waals surface area contributed by atoms with Crippen LogP contribution in [0.2, 0.25) is 0 Å². The maximum Gasteiger partial charge on any atom is 0.313 e. The van der Waals surface area contributed by atoms with Gasteiger partial charge >= 0.3 is 5.97 Å². The number of hydrogen-bond acceptors (Lipinski definition) is 6. The van der Waals surface area contributed by atoms with E-state index in [1.807, 2.05) is 4.57 Å². The summed E-state index contributed by atoms with van der Waals surface area (Å²) in [6, 6.07) is 0. The molecule has 2 aromatic heterocycles. The van der Waals surface area contributed by atoms with E-state index >= 15 is 0 Å². The maximum absolute atomic E-state index is 10.7. The Morgan fingerprint density at radius 1 is 1.55 bits per heavy atom. The van der Waals surface area contributed by atoms with Crippen LogP contribution in [0.3, 0.4) is 0 Å². The van der Waals surface area contributed by atoms with Gasteiger partial charge < -0.3 is 15.4 Å². The van der Waals surface area contributed by atoms with Gasteiger partial charge in [0.15, 0.2) is 5.65 Å². The summed E-state index contributed by atoms with van der Waals surface area (Å²) in [4.78, 5) is 23.2. The predicted molar refractivity (Wildman–Crippen MR) is 77.6 cm³/mol. The summed E-state index contributed by atoms with van der Waals surface area (Å²) in [5.41, 5.74) is 6.96. The largest absolute Gasteiger partial charge is 0.481 e. The van der Waals surface area contributed by atoms with Crippen molar-refractivity contribution in [1.82, 2.24) is 19.5 Å². The highest BCUT2D eigenvalue weighted by Gasteiger charge is 2.14. The number of carboxylic acids is 1. The van der Waals surface area contributed by atoms with Crippen LogP contribution >= 0.6 is 11.8 Å². The zero-order valence-corrected chi connectivity index (χ0v) is 12.2. The van der Waals surface area contributed by atoms with E-state index in [9.17, 15) is 4.79 Å². The van der Waals surface area contributed by atoms with Gasteiger partial charge in [0, 0.05) is 6.54 Å². The van der Waals surface area contributed by atoms with Crippen LogP contribution in [0, 0.1) is 5.92 Å². The Kier molecular flexibility index (Phi) is 4.43. The highest BCUT2D eigenvalue weighted by atomic mass is 32.2. The van der Waals surface area contributed by atoms with E-state index in [-0.39, 0.29) is 11.7 Å². The number of hydrogen-bond donors (Lipinski definition) is 2. The average Bonchev–Trinajstić information content (AvgIpc) is 2.79. The van der Waals surface area contributed by atoms with Crippen LogP contribution < -0.4 is 5.73 Å². The molecule has 20 heavy (non-hydrogen) atoms. The first kappa shape index (κ1) is 14.6. The van der Waals surface area contributed by atoms with Crippen LogP contribution in [-0.4, -0.2) is 36.3 Å². The minimum Gasteiger partial charge on any atom is -0.481 e. The third kappa shape index (κ3) is 3.19. The van der Waals surface area contributed by atoms with Gasteiger partial charge in [-0.3, -0.25) is 4.79 Å². The first-order valence-electron chi connectivity index (χ1n) is 6.34. The Morgan fingerprint density at radius 3 is 2.95 bits per heavy atom. The van der Waals surface area contributed by atoms with Gasteiger partial charge in [0.25, 0.3) is 0 Å². The van der Waals surface area contributed by atoms with E-state index in [2.05, 4.69) is 28.8 Å². The lowest BCUT2D eigenvalue weighted by Gasteiger charge is -2.10. The number of imidazole rings is 1. The molecule has 0 saturated heterocycles. The van der Waals surface area contributed by atoms with Crippen molar-refractivity contribution in [3.8, 4) is 0 Å². The molecule has 0 saturated carbocycles. The molecule has 3 N–H and O–H groups in total. The van der Waals surface area contributed by atoms with Gasteiger partial charge in [-0.2, -0.15) is 4.98 Å². The molecule has 2 rings (SSSR count). The number of nitrogens with zero attached hydrogens (tertiary/aromatic N) is 4. The van der Waals surface area contributed by atoms with Crippen molar-refractivity contribution in [2.75, 3.05) is 11.5 Å². The van der Waals surface area contributed by atoms with Gasteiger partial charge in [-0.05, 0) is 5.92 Å². The zero-order valence-electron chi connectivity index (χ0n) is 11.4. The quantitative estimate of drug-likeness (QED) is 0.616. The van der Waals surface area contributed by atoms with Crippen molar-refractivity contribution in [2.45, 2.75) is 31.8 Å². The highest BCUT2D eigenvalue weighted by molar-refractivity contribution is 8.00. The first-order valence-corrected chi connectivity index (χ1v) is 7.32. The topological polar surface area (TPSA) is 107 Å². The van der Waals surface area contributed by atoms with E-state index in [1.54, 1.807) is 6.33 Å². The molecule has 2 heterocycles. The van der Waals surface area contributed by atoms with Crippen LogP contribution in [0.25, 0.3) is 11.2 Å². The minimum absolute atomic E-state index is 0.0796. The summed E-state index contributed by atoms with van der Waals surface area (Å²) in [6.07, 6.45) is 2.76. The van der Waals surface area contributed by atoms with E-state index in [0.29, 0.717) is 22.1 Å². The monoisotopic (exact) mass is 295 g/mol. The number of carbonyl (C=O) groups is 1. The van der Waals surface area contributed by atoms with Crippen molar-refractivity contribution in [2.24, 2.45) is 5.92 Å². The SMILES string of the molecule is CC[C@H](C)Cn1cnc2c(SCC(=O)O)nc(N)nc21. The number of nitrogen functional groups attached to an aromatic ring is 1. The van der Waals surface area contributed by atoms with E-state index in [4.69, 9.17) is 10.8 Å². The number of thioether (sulfide) groups is 1. The molecular formula is C12H17N5O2S.